The molecule has 0 bridgehead atoms. The fourth-order valence-corrected chi connectivity index (χ4v) is 3.50. The first-order valence-corrected chi connectivity index (χ1v) is 13.4. The van der Waals surface area contributed by atoms with Gasteiger partial charge < -0.3 is 16.0 Å². The van der Waals surface area contributed by atoms with Gasteiger partial charge in [-0.25, -0.2) is 12.1 Å². The summed E-state index contributed by atoms with van der Waals surface area (Å²) in [4.78, 5) is 0. The van der Waals surface area contributed by atoms with Crippen LogP contribution in [0, 0.1) is 0 Å². The number of nitrogens with zero attached hydrogens (tertiary/aromatic N) is 3. The summed E-state index contributed by atoms with van der Waals surface area (Å²) in [6.45, 7) is 18.1. The molecule has 0 saturated heterocycles. The van der Waals surface area contributed by atoms with E-state index in [1.165, 1.54) is 0 Å². The molecule has 1 aromatic carbocycles. The molecule has 0 aliphatic carbocycles. The van der Waals surface area contributed by atoms with E-state index in [2.05, 4.69) is 16.0 Å². The Morgan fingerprint density at radius 2 is 0.735 bits per heavy atom. The molecule has 0 aliphatic rings. The summed E-state index contributed by atoms with van der Waals surface area (Å²) in [6, 6.07) is 10.0. The topological polar surface area (TPSA) is 42.3 Å². The van der Waals surface area contributed by atoms with Gasteiger partial charge in [0.05, 0.1) is 0 Å². The van der Waals surface area contributed by atoms with Crippen LogP contribution in [0.25, 0.3) is 16.0 Å². The molecule has 0 unspecified atom stereocenters. The number of hydrogen-bond acceptors (Lipinski definition) is 0. The average molecular weight is 652 g/mol. The minimum absolute atomic E-state index is 0. The maximum Gasteiger partial charge on any atom is 4.00 e. The molecule has 1 aromatic rings. The van der Waals surface area contributed by atoms with E-state index < -0.39 is 29.4 Å². The molecule has 0 aliphatic heterocycles. The van der Waals surface area contributed by atoms with Gasteiger partial charge in [-0.15, -0.1) is 0 Å². The standard InChI is InChI=1S/C5H5.3C4H10N.C3F9Ge.Zr/c1-2-4-5-3-1;3*1-3-5-4-2;4-1(5,6)13(2(7,8)9)3(10,11)12;/h1-5H;3*3-4H2,1-2H3;;/q4*-1;;+4. The maximum atomic E-state index is 11.3. The molecule has 14 heteroatoms. The van der Waals surface area contributed by atoms with Crippen molar-refractivity contribution in [3.05, 3.63) is 46.3 Å². The van der Waals surface area contributed by atoms with Crippen molar-refractivity contribution in [3.8, 4) is 0 Å². The summed E-state index contributed by atoms with van der Waals surface area (Å²) in [5.74, 6) is 0. The Bertz CT molecular complexity index is 399. The minimum atomic E-state index is -7.10. The van der Waals surface area contributed by atoms with Crippen molar-refractivity contribution in [1.29, 1.82) is 0 Å². The van der Waals surface area contributed by atoms with Gasteiger partial charge in [-0.3, -0.25) is 0 Å². The number of hydrogen-bond donors (Lipinski definition) is 0. The Morgan fingerprint density at radius 3 is 0.765 bits per heavy atom. The largest absolute Gasteiger partial charge is 4.00 e. The Kier molecular flexibility index (Phi) is 35.8. The molecule has 0 atom stereocenters. The fraction of sp³-hybridized carbons (Fsp3) is 0.750. The third kappa shape index (κ3) is 36.6. The van der Waals surface area contributed by atoms with Crippen LogP contribution in [0.2, 0.25) is 0 Å². The van der Waals surface area contributed by atoms with Gasteiger partial charge in [-0.2, -0.15) is 57.5 Å². The SMILES string of the molecule is CC[N-]CC.CC[N-]CC.CC[N-]CC.F[C](F)(F)[Ge]([C](F)(F)F)[C](F)(F)F.[Zr+4].c1cc[cH-]c1. The maximum absolute atomic E-state index is 11.3. The van der Waals surface area contributed by atoms with Crippen molar-refractivity contribution >= 4 is 14.3 Å². The monoisotopic (exact) mass is 652 g/mol. The zero-order valence-electron chi connectivity index (χ0n) is 20.4. The van der Waals surface area contributed by atoms with Crippen LogP contribution >= 0.6 is 0 Å². The molecule has 1 radical (unpaired) electrons. The summed E-state index contributed by atoms with van der Waals surface area (Å²) < 4.78 is 102. The van der Waals surface area contributed by atoms with Crippen molar-refractivity contribution in [2.45, 2.75) is 56.6 Å². The summed E-state index contributed by atoms with van der Waals surface area (Å²) >= 11 is -7.10. The summed E-state index contributed by atoms with van der Waals surface area (Å²) in [6.07, 6.45) is 0. The van der Waals surface area contributed by atoms with Crippen LogP contribution in [0.4, 0.5) is 39.5 Å². The van der Waals surface area contributed by atoms with Crippen LogP contribution in [0.1, 0.15) is 41.5 Å². The van der Waals surface area contributed by atoms with Crippen LogP contribution in [0.3, 0.4) is 0 Å². The predicted molar refractivity (Wildman–Crippen MR) is 119 cm³/mol. The van der Waals surface area contributed by atoms with Crippen molar-refractivity contribution in [2.75, 3.05) is 39.3 Å². The van der Waals surface area contributed by atoms with Crippen LogP contribution in [-0.4, -0.2) is 68.6 Å². The van der Waals surface area contributed by atoms with Gasteiger partial charge >= 0.3 is 95.1 Å². The summed E-state index contributed by atoms with van der Waals surface area (Å²) in [5.41, 5.74) is 0. The molecule has 3 nitrogen and oxygen atoms in total. The molecule has 0 aromatic heterocycles. The van der Waals surface area contributed by atoms with E-state index in [1.54, 1.807) is 0 Å². The number of halogens is 9. The van der Waals surface area contributed by atoms with E-state index in [0.29, 0.717) is 0 Å². The van der Waals surface area contributed by atoms with Gasteiger partial charge in [-0.05, 0) is 0 Å². The molecule has 0 fully saturated rings. The van der Waals surface area contributed by atoms with E-state index in [-0.39, 0.29) is 26.2 Å². The smallest absolute Gasteiger partial charge is 0.214 e. The molecular formula is C20H35F9GeN3Zr. The molecular weight excluding hydrogens is 617 g/mol. The number of alkyl halides is 9. The minimum Gasteiger partial charge on any atom is -0.214 e. The van der Waals surface area contributed by atoms with E-state index in [4.69, 9.17) is 0 Å². The quantitative estimate of drug-likeness (QED) is 0.168. The van der Waals surface area contributed by atoms with E-state index in [9.17, 15) is 39.5 Å². The molecule has 1 rings (SSSR count). The predicted octanol–water partition coefficient (Wildman–Crippen LogP) is 8.39. The second kappa shape index (κ2) is 27.6. The van der Waals surface area contributed by atoms with E-state index >= 15 is 0 Å². The van der Waals surface area contributed by atoms with Gasteiger partial charge in [0.25, 0.3) is 0 Å². The zero-order valence-corrected chi connectivity index (χ0v) is 24.9. The molecule has 0 saturated carbocycles. The van der Waals surface area contributed by atoms with Gasteiger partial charge in [0, 0.05) is 0 Å². The molecule has 0 N–H and O–H groups in total. The van der Waals surface area contributed by atoms with E-state index in [1.807, 2.05) is 71.9 Å². The second-order valence-electron chi connectivity index (χ2n) is 5.40. The van der Waals surface area contributed by atoms with E-state index in [0.717, 1.165) is 39.3 Å². The zero-order chi connectivity index (χ0) is 27.0. The molecule has 0 spiro atoms. The van der Waals surface area contributed by atoms with Crippen LogP contribution in [-0.2, 0) is 26.2 Å². The average Bonchev–Trinajstić information content (AvgIpc) is 3.21. The summed E-state index contributed by atoms with van der Waals surface area (Å²) in [5, 5.41) is -6.68. The molecule has 201 valence electrons. The Labute approximate surface area is 221 Å². The summed E-state index contributed by atoms with van der Waals surface area (Å²) in [7, 11) is 0. The Morgan fingerprint density at radius 1 is 0.529 bits per heavy atom. The first kappa shape index (κ1) is 44.1. The van der Waals surface area contributed by atoms with Crippen LogP contribution < -0.4 is 0 Å². The third-order valence-electron chi connectivity index (χ3n) is 2.75. The van der Waals surface area contributed by atoms with Gasteiger partial charge in [-0.1, -0.05) is 41.5 Å². The fourth-order valence-electron chi connectivity index (χ4n) is 1.47. The number of rotatable bonds is 6. The first-order chi connectivity index (χ1) is 15.1. The van der Waals surface area contributed by atoms with Crippen molar-refractivity contribution in [3.63, 3.8) is 0 Å². The van der Waals surface area contributed by atoms with Gasteiger partial charge in [0.15, 0.2) is 0 Å². The third-order valence-corrected chi connectivity index (χ3v) is 6.32. The second-order valence-corrected chi connectivity index (χ2v) is 10.5. The normalized spacial score (nSPS) is 10.7. The van der Waals surface area contributed by atoms with Crippen molar-refractivity contribution in [2.24, 2.45) is 0 Å². The van der Waals surface area contributed by atoms with Crippen molar-refractivity contribution < 1.29 is 65.7 Å². The van der Waals surface area contributed by atoms with Crippen LogP contribution in [0.15, 0.2) is 30.3 Å². The van der Waals surface area contributed by atoms with Gasteiger partial charge in [0.2, 0.25) is 0 Å². The van der Waals surface area contributed by atoms with Crippen LogP contribution in [0.5, 0.6) is 0 Å². The Hall–Kier alpha value is 0.0260. The molecule has 0 amide bonds. The Balaban J connectivity index is -0.000000112. The molecule has 0 heterocycles. The van der Waals surface area contributed by atoms with Crippen molar-refractivity contribution in [1.82, 2.24) is 0 Å². The van der Waals surface area contributed by atoms with Gasteiger partial charge in [0.1, 0.15) is 0 Å². The molecule has 34 heavy (non-hydrogen) atoms. The first-order valence-electron chi connectivity index (χ1n) is 10.3.